The van der Waals surface area contributed by atoms with Crippen molar-refractivity contribution in [3.63, 3.8) is 0 Å². The second-order valence-electron chi connectivity index (χ2n) is 9.76. The van der Waals surface area contributed by atoms with Crippen LogP contribution >= 0.6 is 0 Å². The number of phenolic OH excluding ortho intramolecular Hbond substituents is 1. The number of hydrogen-bond donors (Lipinski definition) is 1. The van der Waals surface area contributed by atoms with Crippen molar-refractivity contribution in [3.8, 4) is 11.5 Å². The van der Waals surface area contributed by atoms with E-state index in [9.17, 15) is 9.90 Å². The summed E-state index contributed by atoms with van der Waals surface area (Å²) in [5, 5.41) is 9.38. The first-order chi connectivity index (χ1) is 16.6. The van der Waals surface area contributed by atoms with Crippen LogP contribution in [0.2, 0.25) is 0 Å². The zero-order valence-electron chi connectivity index (χ0n) is 19.9. The van der Waals surface area contributed by atoms with Crippen molar-refractivity contribution in [1.82, 2.24) is 0 Å². The Labute approximate surface area is 201 Å². The Kier molecular flexibility index (Phi) is 6.79. The number of benzene rings is 2. The number of rotatable bonds is 8. The fourth-order valence-electron chi connectivity index (χ4n) is 5.64. The minimum atomic E-state index is -0.427. The van der Waals surface area contributed by atoms with E-state index in [4.69, 9.17) is 14.2 Å². The molecule has 182 valence electrons. The zero-order valence-corrected chi connectivity index (χ0v) is 19.9. The second kappa shape index (κ2) is 9.96. The molecule has 0 bridgehead atoms. The van der Waals surface area contributed by atoms with Crippen LogP contribution in [-0.2, 0) is 20.7 Å². The molecule has 2 aliphatic heterocycles. The average molecular weight is 466 g/mol. The van der Waals surface area contributed by atoms with E-state index in [2.05, 4.69) is 6.92 Å². The maximum absolute atomic E-state index is 13.0. The number of carbonyl (C=O) groups excluding carboxylic acids is 1. The molecule has 1 aliphatic carbocycles. The molecule has 5 rings (SSSR count). The SMILES string of the molecule is CCC1C(=O)N(c2ccc(OCCCc3ccc(O)cc3)cc2)[C@H]1[C@H]1COC2(CCCCC2)O1. The number of carbonyl (C=O) groups is 1. The number of amides is 1. The van der Waals surface area contributed by atoms with E-state index in [-0.39, 0.29) is 29.7 Å². The summed E-state index contributed by atoms with van der Waals surface area (Å²) in [6, 6.07) is 15.1. The smallest absolute Gasteiger partial charge is 0.232 e. The molecular weight excluding hydrogens is 430 g/mol. The fourth-order valence-corrected chi connectivity index (χ4v) is 5.64. The molecule has 6 nitrogen and oxygen atoms in total. The predicted octanol–water partition coefficient (Wildman–Crippen LogP) is 5.22. The Morgan fingerprint density at radius 1 is 1.06 bits per heavy atom. The van der Waals surface area contributed by atoms with Crippen molar-refractivity contribution < 1.29 is 24.1 Å². The van der Waals surface area contributed by atoms with Crippen LogP contribution in [0.3, 0.4) is 0 Å². The summed E-state index contributed by atoms with van der Waals surface area (Å²) < 4.78 is 18.6. The van der Waals surface area contributed by atoms with Crippen LogP contribution in [0.4, 0.5) is 5.69 Å². The fraction of sp³-hybridized carbons (Fsp3) is 0.536. The number of anilines is 1. The van der Waals surface area contributed by atoms with Crippen LogP contribution in [0, 0.1) is 5.92 Å². The Hall–Kier alpha value is -2.57. The van der Waals surface area contributed by atoms with Crippen LogP contribution in [-0.4, -0.2) is 42.2 Å². The monoisotopic (exact) mass is 465 g/mol. The predicted molar refractivity (Wildman–Crippen MR) is 130 cm³/mol. The third-order valence-corrected chi connectivity index (χ3v) is 7.51. The lowest BCUT2D eigenvalue weighted by Gasteiger charge is -2.49. The molecule has 1 amide bonds. The Morgan fingerprint density at radius 2 is 1.79 bits per heavy atom. The topological polar surface area (TPSA) is 68.2 Å². The van der Waals surface area contributed by atoms with Gasteiger partial charge in [0.15, 0.2) is 5.79 Å². The molecule has 34 heavy (non-hydrogen) atoms. The highest BCUT2D eigenvalue weighted by Crippen LogP contribution is 2.44. The van der Waals surface area contributed by atoms with Crippen molar-refractivity contribution in [2.45, 2.75) is 76.2 Å². The van der Waals surface area contributed by atoms with Crippen molar-refractivity contribution in [3.05, 3.63) is 54.1 Å². The molecule has 2 saturated heterocycles. The minimum absolute atomic E-state index is 0.0110. The van der Waals surface area contributed by atoms with Crippen molar-refractivity contribution in [2.75, 3.05) is 18.1 Å². The van der Waals surface area contributed by atoms with Crippen LogP contribution in [0.15, 0.2) is 48.5 Å². The second-order valence-corrected chi connectivity index (χ2v) is 9.76. The van der Waals surface area contributed by atoms with Crippen molar-refractivity contribution >= 4 is 11.6 Å². The van der Waals surface area contributed by atoms with Gasteiger partial charge in [0.1, 0.15) is 17.6 Å². The highest BCUT2D eigenvalue weighted by atomic mass is 16.7. The number of ether oxygens (including phenoxy) is 3. The third-order valence-electron chi connectivity index (χ3n) is 7.51. The molecule has 3 fully saturated rings. The molecule has 2 aromatic carbocycles. The van der Waals surface area contributed by atoms with Gasteiger partial charge in [0.2, 0.25) is 5.91 Å². The molecule has 6 heteroatoms. The van der Waals surface area contributed by atoms with Gasteiger partial charge in [-0.2, -0.15) is 0 Å². The number of phenols is 1. The first-order valence-electron chi connectivity index (χ1n) is 12.7. The zero-order chi connectivity index (χ0) is 23.5. The molecule has 1 spiro atoms. The van der Waals surface area contributed by atoms with E-state index in [1.165, 1.54) is 12.0 Å². The Morgan fingerprint density at radius 3 is 2.50 bits per heavy atom. The molecule has 2 heterocycles. The van der Waals surface area contributed by atoms with Gasteiger partial charge in [-0.1, -0.05) is 25.5 Å². The van der Waals surface area contributed by atoms with Crippen molar-refractivity contribution in [2.24, 2.45) is 5.92 Å². The maximum atomic E-state index is 13.0. The summed E-state index contributed by atoms with van der Waals surface area (Å²) in [4.78, 5) is 14.9. The van der Waals surface area contributed by atoms with Gasteiger partial charge < -0.3 is 24.2 Å². The standard InChI is InChI=1S/C28H35NO5/c1-2-24-26(25-19-33-28(34-25)16-4-3-5-17-28)29(27(24)31)21-10-14-23(15-11-21)32-18-6-7-20-8-12-22(30)13-9-20/h8-15,24-26,30H,2-7,16-19H2,1H3/t24?,25-,26-/m1/s1. The van der Waals surface area contributed by atoms with E-state index in [0.717, 1.165) is 56.4 Å². The third kappa shape index (κ3) is 4.66. The molecule has 0 radical (unpaired) electrons. The van der Waals surface area contributed by atoms with Gasteiger partial charge in [0, 0.05) is 18.5 Å². The van der Waals surface area contributed by atoms with Crippen LogP contribution in [0.5, 0.6) is 11.5 Å². The minimum Gasteiger partial charge on any atom is -0.508 e. The van der Waals surface area contributed by atoms with Gasteiger partial charge in [-0.15, -0.1) is 0 Å². The summed E-state index contributed by atoms with van der Waals surface area (Å²) in [7, 11) is 0. The van der Waals surface area contributed by atoms with Gasteiger partial charge in [-0.3, -0.25) is 4.79 Å². The first kappa shape index (κ1) is 23.2. The van der Waals surface area contributed by atoms with Gasteiger partial charge in [0.25, 0.3) is 0 Å². The normalized spacial score (nSPS) is 26.0. The number of aromatic hydroxyl groups is 1. The molecule has 2 aromatic rings. The Balaban J connectivity index is 1.18. The van der Waals surface area contributed by atoms with Crippen LogP contribution in [0.25, 0.3) is 0 Å². The molecule has 1 unspecified atom stereocenters. The van der Waals surface area contributed by atoms with Gasteiger partial charge >= 0.3 is 0 Å². The molecule has 0 aromatic heterocycles. The van der Waals surface area contributed by atoms with E-state index in [0.29, 0.717) is 13.2 Å². The van der Waals surface area contributed by atoms with E-state index in [1.807, 2.05) is 41.3 Å². The lowest BCUT2D eigenvalue weighted by atomic mass is 9.81. The van der Waals surface area contributed by atoms with Gasteiger partial charge in [-0.25, -0.2) is 0 Å². The number of nitrogens with zero attached hydrogens (tertiary/aromatic N) is 1. The molecule has 3 atom stereocenters. The molecule has 1 saturated carbocycles. The summed E-state index contributed by atoms with van der Waals surface area (Å²) in [6.45, 7) is 3.25. The highest BCUT2D eigenvalue weighted by Gasteiger charge is 2.55. The van der Waals surface area contributed by atoms with E-state index < -0.39 is 5.79 Å². The lowest BCUT2D eigenvalue weighted by Crippen LogP contribution is -2.66. The summed E-state index contributed by atoms with van der Waals surface area (Å²) in [5.74, 6) is 0.816. The summed E-state index contributed by atoms with van der Waals surface area (Å²) >= 11 is 0. The van der Waals surface area contributed by atoms with Crippen LogP contribution < -0.4 is 9.64 Å². The number of hydrogen-bond acceptors (Lipinski definition) is 5. The first-order valence-corrected chi connectivity index (χ1v) is 12.7. The van der Waals surface area contributed by atoms with E-state index in [1.54, 1.807) is 12.1 Å². The summed E-state index contributed by atoms with van der Waals surface area (Å²) in [5.41, 5.74) is 2.07. The summed E-state index contributed by atoms with van der Waals surface area (Å²) in [6.07, 6.45) is 7.98. The van der Waals surface area contributed by atoms with Gasteiger partial charge in [0.05, 0.1) is 25.2 Å². The lowest BCUT2D eigenvalue weighted by molar-refractivity contribution is -0.192. The quantitative estimate of drug-likeness (QED) is 0.428. The maximum Gasteiger partial charge on any atom is 0.232 e. The van der Waals surface area contributed by atoms with Gasteiger partial charge in [-0.05, 0) is 74.1 Å². The molecule has 3 aliphatic rings. The molecule has 1 N–H and O–H groups in total. The largest absolute Gasteiger partial charge is 0.508 e. The average Bonchev–Trinajstić information content (AvgIpc) is 3.25. The Bertz CT molecular complexity index is 967. The van der Waals surface area contributed by atoms with E-state index >= 15 is 0 Å². The van der Waals surface area contributed by atoms with Crippen molar-refractivity contribution in [1.29, 1.82) is 0 Å². The number of β-lactam (4-membered cyclic amide) rings is 1. The molecular formula is C28H35NO5. The van der Waals surface area contributed by atoms with Crippen LogP contribution in [0.1, 0.15) is 57.4 Å². The number of aryl methyl sites for hydroxylation is 1. The highest BCUT2D eigenvalue weighted by molar-refractivity contribution is 6.03.